The van der Waals surface area contributed by atoms with Crippen molar-refractivity contribution in [2.45, 2.75) is 51.6 Å². The van der Waals surface area contributed by atoms with E-state index < -0.39 is 0 Å². The van der Waals surface area contributed by atoms with Crippen molar-refractivity contribution in [3.8, 4) is 0 Å². The minimum atomic E-state index is -0.157. The molecule has 1 aliphatic carbocycles. The topological polar surface area (TPSA) is 55.4 Å². The Morgan fingerprint density at radius 2 is 2.06 bits per heavy atom. The van der Waals surface area contributed by atoms with Crippen LogP contribution >= 0.6 is 0 Å². The standard InChI is InChI=1S/C13H21NO3/c1-3-17-13(16)12-7-10-6-9(8(2)15)4-5-11(10)14-12/h9-12,14H,3-7H2,1-2H3. The zero-order chi connectivity index (χ0) is 12.4. The van der Waals surface area contributed by atoms with Crippen LogP contribution in [0.25, 0.3) is 0 Å². The largest absolute Gasteiger partial charge is 0.465 e. The molecule has 17 heavy (non-hydrogen) atoms. The highest BCUT2D eigenvalue weighted by Gasteiger charge is 2.42. The Labute approximate surface area is 102 Å². The fourth-order valence-corrected chi connectivity index (χ4v) is 3.15. The highest BCUT2D eigenvalue weighted by molar-refractivity contribution is 5.79. The van der Waals surface area contributed by atoms with E-state index in [-0.39, 0.29) is 17.9 Å². The molecule has 2 aliphatic rings. The zero-order valence-corrected chi connectivity index (χ0v) is 10.6. The summed E-state index contributed by atoms with van der Waals surface area (Å²) in [5, 5.41) is 3.35. The summed E-state index contributed by atoms with van der Waals surface area (Å²) in [7, 11) is 0. The monoisotopic (exact) mass is 239 g/mol. The maximum Gasteiger partial charge on any atom is 0.323 e. The van der Waals surface area contributed by atoms with Crippen LogP contribution in [0.5, 0.6) is 0 Å². The Hall–Kier alpha value is -0.900. The lowest BCUT2D eigenvalue weighted by molar-refractivity contribution is -0.145. The first-order chi connectivity index (χ1) is 8.11. The molecule has 96 valence electrons. The van der Waals surface area contributed by atoms with E-state index >= 15 is 0 Å². The molecular weight excluding hydrogens is 218 g/mol. The molecule has 1 N–H and O–H groups in total. The molecule has 1 saturated carbocycles. The van der Waals surface area contributed by atoms with Crippen molar-refractivity contribution in [1.29, 1.82) is 0 Å². The van der Waals surface area contributed by atoms with E-state index in [0.29, 0.717) is 24.3 Å². The molecule has 1 heterocycles. The smallest absolute Gasteiger partial charge is 0.323 e. The second kappa shape index (κ2) is 5.17. The molecule has 4 heteroatoms. The zero-order valence-electron chi connectivity index (χ0n) is 10.6. The third kappa shape index (κ3) is 2.68. The summed E-state index contributed by atoms with van der Waals surface area (Å²) in [6, 6.07) is 0.246. The lowest BCUT2D eigenvalue weighted by atomic mass is 9.77. The Balaban J connectivity index is 1.92. The van der Waals surface area contributed by atoms with Gasteiger partial charge in [0.2, 0.25) is 0 Å². The number of ketones is 1. The van der Waals surface area contributed by atoms with Crippen LogP contribution < -0.4 is 5.32 Å². The second-order valence-corrected chi connectivity index (χ2v) is 5.19. The summed E-state index contributed by atoms with van der Waals surface area (Å²) < 4.78 is 5.04. The Morgan fingerprint density at radius 1 is 1.29 bits per heavy atom. The molecule has 4 atom stereocenters. The number of hydrogen-bond donors (Lipinski definition) is 1. The van der Waals surface area contributed by atoms with Crippen molar-refractivity contribution in [2.75, 3.05) is 6.61 Å². The van der Waals surface area contributed by atoms with Crippen molar-refractivity contribution in [2.24, 2.45) is 11.8 Å². The lowest BCUT2D eigenvalue weighted by Gasteiger charge is -2.29. The molecule has 0 aromatic rings. The molecule has 0 aromatic carbocycles. The number of carbonyl (C=O) groups excluding carboxylic acids is 2. The van der Waals surface area contributed by atoms with Gasteiger partial charge in [0, 0.05) is 12.0 Å². The second-order valence-electron chi connectivity index (χ2n) is 5.19. The number of carbonyl (C=O) groups is 2. The van der Waals surface area contributed by atoms with Crippen LogP contribution in [0.2, 0.25) is 0 Å². The molecule has 0 bridgehead atoms. The van der Waals surface area contributed by atoms with Gasteiger partial charge in [-0.2, -0.15) is 0 Å². The van der Waals surface area contributed by atoms with Gasteiger partial charge in [-0.25, -0.2) is 0 Å². The predicted octanol–water partition coefficient (Wildman–Crippen LogP) is 1.29. The summed E-state index contributed by atoms with van der Waals surface area (Å²) >= 11 is 0. The van der Waals surface area contributed by atoms with Crippen LogP contribution in [0, 0.1) is 11.8 Å². The van der Waals surface area contributed by atoms with Crippen molar-refractivity contribution in [1.82, 2.24) is 5.32 Å². The van der Waals surface area contributed by atoms with E-state index in [1.807, 2.05) is 6.92 Å². The lowest BCUT2D eigenvalue weighted by Crippen LogP contribution is -2.39. The molecule has 1 saturated heterocycles. The van der Waals surface area contributed by atoms with Crippen molar-refractivity contribution in [3.05, 3.63) is 0 Å². The summed E-state index contributed by atoms with van der Waals surface area (Å²) in [6.07, 6.45) is 3.72. The van der Waals surface area contributed by atoms with Crippen LogP contribution in [0.4, 0.5) is 0 Å². The fourth-order valence-electron chi connectivity index (χ4n) is 3.15. The van der Waals surface area contributed by atoms with Gasteiger partial charge in [0.25, 0.3) is 0 Å². The molecule has 4 unspecified atom stereocenters. The van der Waals surface area contributed by atoms with Crippen molar-refractivity contribution in [3.63, 3.8) is 0 Å². The van der Waals surface area contributed by atoms with E-state index in [1.54, 1.807) is 6.92 Å². The first-order valence-electron chi connectivity index (χ1n) is 6.55. The first kappa shape index (κ1) is 12.6. The van der Waals surface area contributed by atoms with Crippen LogP contribution in [-0.2, 0) is 14.3 Å². The maximum absolute atomic E-state index is 11.7. The van der Waals surface area contributed by atoms with E-state index in [1.165, 1.54) is 0 Å². The molecule has 2 rings (SSSR count). The molecule has 0 amide bonds. The van der Waals surface area contributed by atoms with Gasteiger partial charge in [0.1, 0.15) is 11.8 Å². The Bertz CT molecular complexity index is 316. The van der Waals surface area contributed by atoms with Gasteiger partial charge in [-0.3, -0.25) is 9.59 Å². The van der Waals surface area contributed by atoms with Crippen LogP contribution in [-0.4, -0.2) is 30.4 Å². The summed E-state index contributed by atoms with van der Waals surface area (Å²) in [5.41, 5.74) is 0. The average Bonchev–Trinajstić information content (AvgIpc) is 2.71. The van der Waals surface area contributed by atoms with E-state index in [4.69, 9.17) is 4.74 Å². The average molecular weight is 239 g/mol. The minimum absolute atomic E-state index is 0.138. The normalized spacial score (nSPS) is 36.4. The predicted molar refractivity (Wildman–Crippen MR) is 63.5 cm³/mol. The van der Waals surface area contributed by atoms with E-state index in [2.05, 4.69) is 5.32 Å². The van der Waals surface area contributed by atoms with Gasteiger partial charge in [-0.1, -0.05) is 0 Å². The number of Topliss-reactive ketones (excluding diaryl/α,β-unsaturated/α-hetero) is 1. The molecule has 0 aromatic heterocycles. The van der Waals surface area contributed by atoms with Gasteiger partial charge < -0.3 is 10.1 Å². The van der Waals surface area contributed by atoms with Crippen molar-refractivity contribution >= 4 is 11.8 Å². The maximum atomic E-state index is 11.7. The van der Waals surface area contributed by atoms with Gasteiger partial charge in [-0.15, -0.1) is 0 Å². The number of hydrogen-bond acceptors (Lipinski definition) is 4. The number of fused-ring (bicyclic) bond motifs is 1. The van der Waals surface area contributed by atoms with Crippen LogP contribution in [0.1, 0.15) is 39.5 Å². The SMILES string of the molecule is CCOC(=O)C1CC2CC(C(C)=O)CCC2N1. The van der Waals surface area contributed by atoms with E-state index in [0.717, 1.165) is 25.7 Å². The number of esters is 1. The van der Waals surface area contributed by atoms with Gasteiger partial charge in [-0.05, 0) is 45.4 Å². The molecular formula is C13H21NO3. The first-order valence-corrected chi connectivity index (χ1v) is 6.55. The number of ether oxygens (including phenoxy) is 1. The van der Waals surface area contributed by atoms with Crippen LogP contribution in [0.3, 0.4) is 0 Å². The minimum Gasteiger partial charge on any atom is -0.465 e. The quantitative estimate of drug-likeness (QED) is 0.754. The number of nitrogens with one attached hydrogen (secondary N) is 1. The van der Waals surface area contributed by atoms with Gasteiger partial charge in [0.05, 0.1) is 6.61 Å². The summed E-state index contributed by atoms with van der Waals surface area (Å²) in [5.74, 6) is 0.829. The van der Waals surface area contributed by atoms with Gasteiger partial charge >= 0.3 is 5.97 Å². The molecule has 2 fully saturated rings. The van der Waals surface area contributed by atoms with Crippen LogP contribution in [0.15, 0.2) is 0 Å². The highest BCUT2D eigenvalue weighted by Crippen LogP contribution is 2.37. The Kier molecular flexibility index (Phi) is 3.82. The summed E-state index contributed by atoms with van der Waals surface area (Å²) in [6.45, 7) is 3.93. The fraction of sp³-hybridized carbons (Fsp3) is 0.846. The molecule has 0 radical (unpaired) electrons. The molecule has 4 nitrogen and oxygen atoms in total. The third-order valence-electron chi connectivity index (χ3n) is 4.08. The van der Waals surface area contributed by atoms with Crippen molar-refractivity contribution < 1.29 is 14.3 Å². The third-order valence-corrected chi connectivity index (χ3v) is 4.08. The summed E-state index contributed by atoms with van der Waals surface area (Å²) in [4.78, 5) is 23.0. The molecule has 0 spiro atoms. The van der Waals surface area contributed by atoms with E-state index in [9.17, 15) is 9.59 Å². The molecule has 1 aliphatic heterocycles. The Morgan fingerprint density at radius 3 is 2.71 bits per heavy atom. The van der Waals surface area contributed by atoms with Gasteiger partial charge in [0.15, 0.2) is 0 Å². The highest BCUT2D eigenvalue weighted by atomic mass is 16.5. The number of rotatable bonds is 3.